The molecule has 1 atom stereocenters. The van der Waals surface area contributed by atoms with Crippen molar-refractivity contribution in [2.75, 3.05) is 11.1 Å². The molecule has 4 nitrogen and oxygen atoms in total. The number of anilines is 2. The van der Waals surface area contributed by atoms with E-state index in [1.54, 1.807) is 19.1 Å². The van der Waals surface area contributed by atoms with Gasteiger partial charge in [-0.15, -0.1) is 0 Å². The van der Waals surface area contributed by atoms with Crippen molar-refractivity contribution < 1.29 is 9.53 Å². The zero-order chi connectivity index (χ0) is 16.1. The molecule has 22 heavy (non-hydrogen) atoms. The van der Waals surface area contributed by atoms with E-state index in [9.17, 15) is 4.79 Å². The van der Waals surface area contributed by atoms with Crippen LogP contribution in [0.25, 0.3) is 0 Å². The van der Waals surface area contributed by atoms with E-state index in [4.69, 9.17) is 10.5 Å². The van der Waals surface area contributed by atoms with Gasteiger partial charge in [-0.05, 0) is 43.5 Å². The topological polar surface area (TPSA) is 64.3 Å². The van der Waals surface area contributed by atoms with Crippen LogP contribution in [0.4, 0.5) is 11.4 Å². The first-order valence-corrected chi connectivity index (χ1v) is 7.43. The quantitative estimate of drug-likeness (QED) is 0.830. The van der Waals surface area contributed by atoms with Gasteiger partial charge in [0.15, 0.2) is 6.10 Å². The first-order chi connectivity index (χ1) is 10.5. The molecule has 0 heterocycles. The van der Waals surface area contributed by atoms with Crippen LogP contribution in [0.1, 0.15) is 25.0 Å². The minimum atomic E-state index is -0.631. The Balaban J connectivity index is 2.11. The second-order valence-corrected chi connectivity index (χ2v) is 5.25. The van der Waals surface area contributed by atoms with Gasteiger partial charge in [-0.2, -0.15) is 0 Å². The molecule has 0 saturated carbocycles. The molecule has 0 aromatic heterocycles. The van der Waals surface area contributed by atoms with Gasteiger partial charge in [0.25, 0.3) is 5.91 Å². The van der Waals surface area contributed by atoms with Gasteiger partial charge >= 0.3 is 0 Å². The molecule has 116 valence electrons. The molecular formula is C18H22N2O2. The van der Waals surface area contributed by atoms with Gasteiger partial charge in [0.2, 0.25) is 0 Å². The van der Waals surface area contributed by atoms with Gasteiger partial charge in [-0.25, -0.2) is 0 Å². The van der Waals surface area contributed by atoms with Crippen molar-refractivity contribution in [3.63, 3.8) is 0 Å². The highest BCUT2D eigenvalue weighted by atomic mass is 16.5. The number of aryl methyl sites for hydroxylation is 2. The average Bonchev–Trinajstić information content (AvgIpc) is 2.51. The molecule has 2 aromatic rings. The summed E-state index contributed by atoms with van der Waals surface area (Å²) in [6.07, 6.45) is 0.229. The number of benzene rings is 2. The van der Waals surface area contributed by atoms with Crippen molar-refractivity contribution in [3.05, 3.63) is 53.6 Å². The predicted octanol–water partition coefficient (Wildman–Crippen LogP) is 3.55. The van der Waals surface area contributed by atoms with E-state index in [1.165, 1.54) is 0 Å². The summed E-state index contributed by atoms with van der Waals surface area (Å²) in [5.41, 5.74) is 9.37. The molecule has 2 aromatic carbocycles. The van der Waals surface area contributed by atoms with E-state index >= 15 is 0 Å². The van der Waals surface area contributed by atoms with Crippen LogP contribution in [-0.2, 0) is 11.2 Å². The zero-order valence-corrected chi connectivity index (χ0v) is 13.2. The second kappa shape index (κ2) is 6.98. The number of ether oxygens (including phenoxy) is 1. The number of nitrogen functional groups attached to an aromatic ring is 1. The predicted molar refractivity (Wildman–Crippen MR) is 90.1 cm³/mol. The lowest BCUT2D eigenvalue weighted by atomic mass is 10.1. The minimum Gasteiger partial charge on any atom is -0.479 e. The number of carbonyl (C=O) groups is 1. The summed E-state index contributed by atoms with van der Waals surface area (Å²) in [6.45, 7) is 5.76. The maximum absolute atomic E-state index is 12.4. The highest BCUT2D eigenvalue weighted by Gasteiger charge is 2.17. The van der Waals surface area contributed by atoms with Crippen LogP contribution in [0.2, 0.25) is 0 Å². The Morgan fingerprint density at radius 3 is 2.64 bits per heavy atom. The van der Waals surface area contributed by atoms with Crippen LogP contribution < -0.4 is 15.8 Å². The largest absolute Gasteiger partial charge is 0.479 e. The van der Waals surface area contributed by atoms with Gasteiger partial charge in [0, 0.05) is 5.69 Å². The Kier molecular flexibility index (Phi) is 5.04. The lowest BCUT2D eigenvalue weighted by Crippen LogP contribution is -2.31. The molecule has 0 aliphatic heterocycles. The molecule has 0 aliphatic rings. The molecule has 0 saturated heterocycles. The zero-order valence-electron chi connectivity index (χ0n) is 13.2. The van der Waals surface area contributed by atoms with Crippen LogP contribution >= 0.6 is 0 Å². The van der Waals surface area contributed by atoms with Crippen LogP contribution in [0.3, 0.4) is 0 Å². The number of carbonyl (C=O) groups excluding carboxylic acids is 1. The van der Waals surface area contributed by atoms with Gasteiger partial charge in [0.1, 0.15) is 5.75 Å². The molecule has 1 amide bonds. The number of nitrogens with two attached hydrogens (primary N) is 1. The molecule has 1 unspecified atom stereocenters. The highest BCUT2D eigenvalue weighted by molar-refractivity contribution is 5.95. The van der Waals surface area contributed by atoms with Crippen molar-refractivity contribution in [3.8, 4) is 5.75 Å². The monoisotopic (exact) mass is 298 g/mol. The summed E-state index contributed by atoms with van der Waals surface area (Å²) in [5.74, 6) is 0.331. The summed E-state index contributed by atoms with van der Waals surface area (Å²) >= 11 is 0. The van der Waals surface area contributed by atoms with E-state index in [1.807, 2.05) is 37.3 Å². The van der Waals surface area contributed by atoms with Gasteiger partial charge in [-0.3, -0.25) is 4.79 Å². The Morgan fingerprint density at radius 2 is 1.95 bits per heavy atom. The number of hydrogen-bond donors (Lipinski definition) is 2. The van der Waals surface area contributed by atoms with Crippen molar-refractivity contribution in [1.82, 2.24) is 0 Å². The van der Waals surface area contributed by atoms with Gasteiger partial charge < -0.3 is 15.8 Å². The molecule has 3 N–H and O–H groups in total. The average molecular weight is 298 g/mol. The number of amides is 1. The Labute approximate surface area is 131 Å². The van der Waals surface area contributed by atoms with E-state index in [0.29, 0.717) is 11.4 Å². The van der Waals surface area contributed by atoms with E-state index in [-0.39, 0.29) is 5.91 Å². The van der Waals surface area contributed by atoms with Crippen LogP contribution in [0.5, 0.6) is 5.75 Å². The molecule has 0 bridgehead atoms. The number of hydrogen-bond acceptors (Lipinski definition) is 3. The lowest BCUT2D eigenvalue weighted by Gasteiger charge is -2.18. The SMILES string of the molecule is CCc1cccc(C)c1NC(=O)C(C)Oc1ccccc1N. The highest BCUT2D eigenvalue weighted by Crippen LogP contribution is 2.23. The van der Waals surface area contributed by atoms with Crippen molar-refractivity contribution >= 4 is 17.3 Å². The Bertz CT molecular complexity index is 668. The summed E-state index contributed by atoms with van der Waals surface area (Å²) in [4.78, 5) is 12.4. The molecule has 0 aliphatic carbocycles. The lowest BCUT2D eigenvalue weighted by molar-refractivity contribution is -0.122. The van der Waals surface area contributed by atoms with Crippen molar-refractivity contribution in [1.29, 1.82) is 0 Å². The third-order valence-corrected chi connectivity index (χ3v) is 3.58. The van der Waals surface area contributed by atoms with Crippen molar-refractivity contribution in [2.45, 2.75) is 33.3 Å². The van der Waals surface area contributed by atoms with Crippen LogP contribution in [0, 0.1) is 6.92 Å². The van der Waals surface area contributed by atoms with Crippen LogP contribution in [-0.4, -0.2) is 12.0 Å². The first kappa shape index (κ1) is 15.9. The fourth-order valence-corrected chi connectivity index (χ4v) is 2.26. The Morgan fingerprint density at radius 1 is 1.23 bits per heavy atom. The van der Waals surface area contributed by atoms with E-state index < -0.39 is 6.10 Å². The molecule has 2 rings (SSSR count). The summed E-state index contributed by atoms with van der Waals surface area (Å²) in [6, 6.07) is 13.1. The van der Waals surface area contributed by atoms with Gasteiger partial charge in [-0.1, -0.05) is 37.3 Å². The molecule has 0 radical (unpaired) electrons. The van der Waals surface area contributed by atoms with Crippen LogP contribution in [0.15, 0.2) is 42.5 Å². The molecular weight excluding hydrogens is 276 g/mol. The van der Waals surface area contributed by atoms with Crippen molar-refractivity contribution in [2.24, 2.45) is 0 Å². The maximum atomic E-state index is 12.4. The Hall–Kier alpha value is -2.49. The fraction of sp³-hybridized carbons (Fsp3) is 0.278. The fourth-order valence-electron chi connectivity index (χ4n) is 2.26. The standard InChI is InChI=1S/C18H22N2O2/c1-4-14-9-7-8-12(2)17(14)20-18(21)13(3)22-16-11-6-5-10-15(16)19/h5-11,13H,4,19H2,1-3H3,(H,20,21). The molecule has 0 fully saturated rings. The van der Waals surface area contributed by atoms with Gasteiger partial charge in [0.05, 0.1) is 5.69 Å². The smallest absolute Gasteiger partial charge is 0.265 e. The third-order valence-electron chi connectivity index (χ3n) is 3.58. The number of para-hydroxylation sites is 3. The molecule has 0 spiro atoms. The van der Waals surface area contributed by atoms with E-state index in [0.717, 1.165) is 23.2 Å². The molecule has 4 heteroatoms. The maximum Gasteiger partial charge on any atom is 0.265 e. The minimum absolute atomic E-state index is 0.188. The first-order valence-electron chi connectivity index (χ1n) is 7.43. The third kappa shape index (κ3) is 3.58. The summed E-state index contributed by atoms with van der Waals surface area (Å²) in [5, 5.41) is 2.96. The van der Waals surface area contributed by atoms with E-state index in [2.05, 4.69) is 12.2 Å². The number of nitrogens with one attached hydrogen (secondary N) is 1. The second-order valence-electron chi connectivity index (χ2n) is 5.25. The normalized spacial score (nSPS) is 11.8. The summed E-state index contributed by atoms with van der Waals surface area (Å²) in [7, 11) is 0. The summed E-state index contributed by atoms with van der Waals surface area (Å²) < 4.78 is 5.66. The number of rotatable bonds is 5.